The molecular formula is C18H30ClN5O2. The van der Waals surface area contributed by atoms with Gasteiger partial charge in [-0.25, -0.2) is 9.97 Å². The quantitative estimate of drug-likeness (QED) is 0.803. The molecule has 1 aromatic heterocycles. The number of halogens is 1. The van der Waals surface area contributed by atoms with Gasteiger partial charge >= 0.3 is 0 Å². The van der Waals surface area contributed by atoms with Crippen molar-refractivity contribution in [3.63, 3.8) is 0 Å². The lowest BCUT2D eigenvalue weighted by atomic mass is 9.98. The SMILES string of the molecule is CCC[C@H]1CN(c2cc(N3CCC(O)CC3)ncn2)C[C@@H]1NC(C)=O.Cl. The number of aromatic nitrogens is 2. The zero-order chi connectivity index (χ0) is 17.8. The highest BCUT2D eigenvalue weighted by Gasteiger charge is 2.33. The number of piperidine rings is 1. The molecule has 0 saturated carbocycles. The Kier molecular flexibility index (Phi) is 7.46. The highest BCUT2D eigenvalue weighted by molar-refractivity contribution is 5.85. The van der Waals surface area contributed by atoms with Crippen LogP contribution in [0.15, 0.2) is 12.4 Å². The van der Waals surface area contributed by atoms with Gasteiger partial charge in [-0.1, -0.05) is 13.3 Å². The molecule has 2 fully saturated rings. The molecule has 3 heterocycles. The Morgan fingerprint density at radius 3 is 2.50 bits per heavy atom. The monoisotopic (exact) mass is 383 g/mol. The molecule has 1 aromatic rings. The maximum atomic E-state index is 11.5. The van der Waals surface area contributed by atoms with Gasteiger partial charge in [0.25, 0.3) is 0 Å². The number of amides is 1. The van der Waals surface area contributed by atoms with Crippen LogP contribution in [0.4, 0.5) is 11.6 Å². The van der Waals surface area contributed by atoms with Crippen LogP contribution in [0.1, 0.15) is 39.5 Å². The highest BCUT2D eigenvalue weighted by atomic mass is 35.5. The first-order valence-electron chi connectivity index (χ1n) is 9.34. The molecule has 1 amide bonds. The second kappa shape index (κ2) is 9.37. The van der Waals surface area contributed by atoms with Crippen molar-refractivity contribution in [2.45, 2.75) is 51.7 Å². The van der Waals surface area contributed by atoms with E-state index in [0.29, 0.717) is 5.92 Å². The van der Waals surface area contributed by atoms with Crippen LogP contribution in [0.3, 0.4) is 0 Å². The minimum absolute atomic E-state index is 0. The summed E-state index contributed by atoms with van der Waals surface area (Å²) in [5.74, 6) is 2.33. The van der Waals surface area contributed by atoms with E-state index in [0.717, 1.165) is 63.5 Å². The Morgan fingerprint density at radius 1 is 1.23 bits per heavy atom. The third-order valence-electron chi connectivity index (χ3n) is 5.24. The van der Waals surface area contributed by atoms with Gasteiger partial charge in [0.15, 0.2) is 0 Å². The van der Waals surface area contributed by atoms with Crippen LogP contribution in [-0.2, 0) is 4.79 Å². The minimum Gasteiger partial charge on any atom is -0.393 e. The zero-order valence-corrected chi connectivity index (χ0v) is 16.4. The maximum absolute atomic E-state index is 11.5. The van der Waals surface area contributed by atoms with E-state index in [1.54, 1.807) is 13.3 Å². The van der Waals surface area contributed by atoms with Crippen LogP contribution in [0.25, 0.3) is 0 Å². The molecule has 0 radical (unpaired) electrons. The van der Waals surface area contributed by atoms with E-state index >= 15 is 0 Å². The van der Waals surface area contributed by atoms with E-state index in [2.05, 4.69) is 32.0 Å². The van der Waals surface area contributed by atoms with Crippen LogP contribution >= 0.6 is 12.4 Å². The molecule has 8 heteroatoms. The number of hydrogen-bond acceptors (Lipinski definition) is 6. The van der Waals surface area contributed by atoms with E-state index in [1.807, 2.05) is 6.07 Å². The number of carbonyl (C=O) groups is 1. The molecule has 26 heavy (non-hydrogen) atoms. The Hall–Kier alpha value is -1.60. The first kappa shape index (κ1) is 20.7. The first-order valence-corrected chi connectivity index (χ1v) is 9.34. The molecule has 0 spiro atoms. The number of carbonyl (C=O) groups excluding carboxylic acids is 1. The van der Waals surface area contributed by atoms with Crippen molar-refractivity contribution in [2.75, 3.05) is 36.0 Å². The Labute approximate surface area is 161 Å². The fraction of sp³-hybridized carbons (Fsp3) is 0.722. The van der Waals surface area contributed by atoms with Crippen LogP contribution in [0, 0.1) is 5.92 Å². The van der Waals surface area contributed by atoms with Gasteiger partial charge in [-0.15, -0.1) is 12.4 Å². The number of nitrogens with one attached hydrogen (secondary N) is 1. The van der Waals surface area contributed by atoms with Gasteiger partial charge in [0.1, 0.15) is 18.0 Å². The summed E-state index contributed by atoms with van der Waals surface area (Å²) in [6.45, 7) is 7.11. The van der Waals surface area contributed by atoms with Gasteiger partial charge in [0.05, 0.1) is 12.1 Å². The lowest BCUT2D eigenvalue weighted by Gasteiger charge is -2.31. The summed E-state index contributed by atoms with van der Waals surface area (Å²) in [6.07, 6.45) is 5.21. The second-order valence-corrected chi connectivity index (χ2v) is 7.21. The number of aliphatic hydroxyl groups excluding tert-OH is 1. The summed E-state index contributed by atoms with van der Waals surface area (Å²) in [7, 11) is 0. The number of hydrogen-bond donors (Lipinski definition) is 2. The summed E-state index contributed by atoms with van der Waals surface area (Å²) >= 11 is 0. The minimum atomic E-state index is -0.190. The predicted octanol–water partition coefficient (Wildman–Crippen LogP) is 1.60. The van der Waals surface area contributed by atoms with Crippen molar-refractivity contribution >= 4 is 29.9 Å². The van der Waals surface area contributed by atoms with E-state index in [-0.39, 0.29) is 30.5 Å². The largest absolute Gasteiger partial charge is 0.393 e. The third kappa shape index (κ3) is 4.98. The van der Waals surface area contributed by atoms with Gasteiger partial charge in [0, 0.05) is 39.2 Å². The summed E-state index contributed by atoms with van der Waals surface area (Å²) < 4.78 is 0. The summed E-state index contributed by atoms with van der Waals surface area (Å²) in [6, 6.07) is 2.22. The number of rotatable bonds is 5. The number of anilines is 2. The molecule has 7 nitrogen and oxygen atoms in total. The van der Waals surface area contributed by atoms with Gasteiger partial charge < -0.3 is 20.2 Å². The van der Waals surface area contributed by atoms with E-state index in [4.69, 9.17) is 0 Å². The van der Waals surface area contributed by atoms with Gasteiger partial charge in [-0.05, 0) is 25.2 Å². The summed E-state index contributed by atoms with van der Waals surface area (Å²) in [5, 5.41) is 12.8. The molecule has 2 N–H and O–H groups in total. The van der Waals surface area contributed by atoms with Crippen LogP contribution in [-0.4, -0.2) is 59.3 Å². The van der Waals surface area contributed by atoms with Crippen molar-refractivity contribution < 1.29 is 9.90 Å². The molecule has 0 aliphatic carbocycles. The second-order valence-electron chi connectivity index (χ2n) is 7.21. The lowest BCUT2D eigenvalue weighted by Crippen LogP contribution is -2.39. The average Bonchev–Trinajstić information content (AvgIpc) is 2.98. The predicted molar refractivity (Wildman–Crippen MR) is 105 cm³/mol. The van der Waals surface area contributed by atoms with Gasteiger partial charge in [-0.3, -0.25) is 4.79 Å². The van der Waals surface area contributed by atoms with E-state index in [9.17, 15) is 9.90 Å². The topological polar surface area (TPSA) is 81.6 Å². The van der Waals surface area contributed by atoms with Crippen molar-refractivity contribution in [2.24, 2.45) is 5.92 Å². The standard InChI is InChI=1S/C18H29N5O2.ClH/c1-3-4-14-10-23(11-16(14)21-13(2)24)18-9-17(19-12-20-18)22-7-5-15(25)6-8-22;/h9,12,14-16,25H,3-8,10-11H2,1-2H3,(H,21,24);1H/t14-,16-;/m0./s1. The van der Waals surface area contributed by atoms with Crippen molar-refractivity contribution in [1.29, 1.82) is 0 Å². The molecule has 2 aliphatic rings. The Balaban J connectivity index is 0.00000243. The molecule has 3 rings (SSSR count). The van der Waals surface area contributed by atoms with Crippen molar-refractivity contribution in [1.82, 2.24) is 15.3 Å². The van der Waals surface area contributed by atoms with Crippen molar-refractivity contribution in [3.8, 4) is 0 Å². The number of nitrogens with zero attached hydrogens (tertiary/aromatic N) is 4. The van der Waals surface area contributed by atoms with E-state index < -0.39 is 0 Å². The molecule has 146 valence electrons. The fourth-order valence-electron chi connectivity index (χ4n) is 3.92. The van der Waals surface area contributed by atoms with Gasteiger partial charge in [0.2, 0.25) is 5.91 Å². The van der Waals surface area contributed by atoms with Gasteiger partial charge in [-0.2, -0.15) is 0 Å². The first-order chi connectivity index (χ1) is 12.1. The summed E-state index contributed by atoms with van der Waals surface area (Å²) in [5.41, 5.74) is 0. The molecule has 0 aromatic carbocycles. The normalized spacial score (nSPS) is 23.7. The van der Waals surface area contributed by atoms with Crippen LogP contribution in [0.5, 0.6) is 0 Å². The van der Waals surface area contributed by atoms with Crippen LogP contribution in [0.2, 0.25) is 0 Å². The maximum Gasteiger partial charge on any atom is 0.217 e. The van der Waals surface area contributed by atoms with Crippen LogP contribution < -0.4 is 15.1 Å². The smallest absolute Gasteiger partial charge is 0.217 e. The third-order valence-corrected chi connectivity index (χ3v) is 5.24. The molecule has 2 aliphatic heterocycles. The average molecular weight is 384 g/mol. The fourth-order valence-corrected chi connectivity index (χ4v) is 3.92. The summed E-state index contributed by atoms with van der Waals surface area (Å²) in [4.78, 5) is 24.8. The molecule has 0 bridgehead atoms. The molecule has 2 atom stereocenters. The zero-order valence-electron chi connectivity index (χ0n) is 15.6. The van der Waals surface area contributed by atoms with E-state index in [1.165, 1.54) is 0 Å². The molecule has 0 unspecified atom stereocenters. The number of aliphatic hydroxyl groups is 1. The Morgan fingerprint density at radius 2 is 1.88 bits per heavy atom. The van der Waals surface area contributed by atoms with Crippen molar-refractivity contribution in [3.05, 3.63) is 12.4 Å². The lowest BCUT2D eigenvalue weighted by molar-refractivity contribution is -0.119. The molecule has 2 saturated heterocycles. The highest BCUT2D eigenvalue weighted by Crippen LogP contribution is 2.28. The Bertz CT molecular complexity index is 595. The molecular weight excluding hydrogens is 354 g/mol.